The topological polar surface area (TPSA) is 52.0 Å². The zero-order valence-electron chi connectivity index (χ0n) is 8.95. The Kier molecular flexibility index (Phi) is 3.40. The second-order valence-corrected chi connectivity index (χ2v) is 6.14. The zero-order valence-corrected chi connectivity index (χ0v) is 9.95. The van der Waals surface area contributed by atoms with Crippen LogP contribution in [0.3, 0.4) is 0 Å². The Morgan fingerprint density at radius 3 is 2.60 bits per heavy atom. The third-order valence-corrected chi connectivity index (χ3v) is 4.88. The van der Waals surface area contributed by atoms with Crippen molar-refractivity contribution in [2.75, 3.05) is 0 Å². The molecule has 0 saturated heterocycles. The Hall–Kier alpha value is -0.430. The van der Waals surface area contributed by atoms with Crippen molar-refractivity contribution in [3.63, 3.8) is 0 Å². The summed E-state index contributed by atoms with van der Waals surface area (Å²) in [7, 11) is 0.640. The molecule has 1 aromatic rings. The first-order valence-electron chi connectivity index (χ1n) is 5.58. The Bertz CT molecular complexity index is 315. The highest BCUT2D eigenvalue weighted by atomic mass is 31.1. The quantitative estimate of drug-likeness (QED) is 0.746. The second-order valence-electron chi connectivity index (χ2n) is 4.38. The summed E-state index contributed by atoms with van der Waals surface area (Å²) in [6, 6.07) is 10.6. The fraction of sp³-hybridized carbons (Fsp3) is 0.500. The summed E-state index contributed by atoms with van der Waals surface area (Å²) in [4.78, 5) is 0. The van der Waals surface area contributed by atoms with E-state index in [9.17, 15) is 0 Å². The molecule has 0 bridgehead atoms. The zero-order chi connectivity index (χ0) is 10.7. The molecule has 2 nitrogen and oxygen atoms in total. The van der Waals surface area contributed by atoms with Crippen LogP contribution in [0.5, 0.6) is 0 Å². The van der Waals surface area contributed by atoms with E-state index in [2.05, 4.69) is 24.3 Å². The van der Waals surface area contributed by atoms with Crippen molar-refractivity contribution in [3.8, 4) is 0 Å². The molecule has 1 aliphatic carbocycles. The van der Waals surface area contributed by atoms with E-state index in [1.54, 1.807) is 0 Å². The summed E-state index contributed by atoms with van der Waals surface area (Å²) < 4.78 is 0. The Labute approximate surface area is 93.2 Å². The molecule has 0 radical (unpaired) electrons. The maximum absolute atomic E-state index is 6.42. The molecule has 1 aromatic carbocycles. The van der Waals surface area contributed by atoms with Crippen LogP contribution in [0.1, 0.15) is 25.7 Å². The summed E-state index contributed by atoms with van der Waals surface area (Å²) in [5.41, 5.74) is 12.6. The van der Waals surface area contributed by atoms with Crippen LogP contribution in [0.25, 0.3) is 0 Å². The lowest BCUT2D eigenvalue weighted by Crippen LogP contribution is -2.54. The number of rotatable bonds is 2. The van der Waals surface area contributed by atoms with Crippen molar-refractivity contribution >= 4 is 13.9 Å². The molecule has 1 aliphatic rings. The molecule has 4 N–H and O–H groups in total. The van der Waals surface area contributed by atoms with Crippen LogP contribution >= 0.6 is 8.58 Å². The van der Waals surface area contributed by atoms with E-state index in [-0.39, 0.29) is 11.3 Å². The maximum atomic E-state index is 6.42. The van der Waals surface area contributed by atoms with Crippen molar-refractivity contribution in [3.05, 3.63) is 30.3 Å². The van der Waals surface area contributed by atoms with E-state index in [0.717, 1.165) is 12.8 Å². The molecule has 0 aromatic heterocycles. The minimum atomic E-state index is -0.153. The number of hydrogen-bond acceptors (Lipinski definition) is 2. The summed E-state index contributed by atoms with van der Waals surface area (Å²) >= 11 is 0. The first-order valence-corrected chi connectivity index (χ1v) is 6.58. The number of nitrogens with two attached hydrogens (primary N) is 2. The summed E-state index contributed by atoms with van der Waals surface area (Å²) in [5.74, 6) is 0. The average Bonchev–Trinajstić information content (AvgIpc) is 2.24. The van der Waals surface area contributed by atoms with E-state index in [4.69, 9.17) is 11.5 Å². The summed E-state index contributed by atoms with van der Waals surface area (Å²) in [6.45, 7) is 0. The van der Waals surface area contributed by atoms with E-state index >= 15 is 0 Å². The highest BCUT2D eigenvalue weighted by Crippen LogP contribution is 2.38. The van der Waals surface area contributed by atoms with Crippen LogP contribution in [-0.2, 0) is 0 Å². The van der Waals surface area contributed by atoms with Gasteiger partial charge < -0.3 is 11.5 Å². The van der Waals surface area contributed by atoms with Gasteiger partial charge in [-0.15, -0.1) is 0 Å². The van der Waals surface area contributed by atoms with Gasteiger partial charge in [0.1, 0.15) is 0 Å². The highest BCUT2D eigenvalue weighted by Gasteiger charge is 2.34. The maximum Gasteiger partial charge on any atom is 0.0521 e. The first-order chi connectivity index (χ1) is 7.21. The first kappa shape index (κ1) is 11.1. The van der Waals surface area contributed by atoms with Crippen molar-refractivity contribution in [1.82, 2.24) is 0 Å². The van der Waals surface area contributed by atoms with Crippen LogP contribution in [0.15, 0.2) is 30.3 Å². The van der Waals surface area contributed by atoms with Crippen molar-refractivity contribution < 1.29 is 0 Å². The van der Waals surface area contributed by atoms with Gasteiger partial charge in [0, 0.05) is 6.04 Å². The van der Waals surface area contributed by atoms with Crippen molar-refractivity contribution in [2.24, 2.45) is 11.5 Å². The molecule has 3 unspecified atom stereocenters. The molecule has 82 valence electrons. The molecule has 0 spiro atoms. The predicted molar refractivity (Wildman–Crippen MR) is 67.8 cm³/mol. The van der Waals surface area contributed by atoms with Gasteiger partial charge in [-0.3, -0.25) is 0 Å². The van der Waals surface area contributed by atoms with E-state index in [1.165, 1.54) is 18.1 Å². The summed E-state index contributed by atoms with van der Waals surface area (Å²) in [6.07, 6.45) is 4.61. The van der Waals surface area contributed by atoms with E-state index in [0.29, 0.717) is 8.58 Å². The standard InChI is InChI=1S/C12H19N2P/c13-11-8-4-5-9-12(11,14)15-10-6-2-1-3-7-10/h1-3,6-7,11,15H,4-5,8-9,13-14H2. The Balaban J connectivity index is 2.09. The smallest absolute Gasteiger partial charge is 0.0521 e. The van der Waals surface area contributed by atoms with Crippen LogP contribution < -0.4 is 16.8 Å². The van der Waals surface area contributed by atoms with Gasteiger partial charge in [-0.1, -0.05) is 51.8 Å². The van der Waals surface area contributed by atoms with E-state index < -0.39 is 0 Å². The third kappa shape index (κ3) is 2.57. The van der Waals surface area contributed by atoms with Gasteiger partial charge >= 0.3 is 0 Å². The molecule has 2 rings (SSSR count). The lowest BCUT2D eigenvalue weighted by Gasteiger charge is -2.39. The predicted octanol–water partition coefficient (Wildman–Crippen LogP) is 1.55. The summed E-state index contributed by atoms with van der Waals surface area (Å²) in [5, 5.41) is 1.18. The molecule has 0 heterocycles. The monoisotopic (exact) mass is 222 g/mol. The van der Waals surface area contributed by atoms with Gasteiger partial charge in [0.25, 0.3) is 0 Å². The highest BCUT2D eigenvalue weighted by molar-refractivity contribution is 7.49. The Morgan fingerprint density at radius 1 is 1.20 bits per heavy atom. The molecule has 0 aliphatic heterocycles. The fourth-order valence-corrected chi connectivity index (χ4v) is 3.70. The average molecular weight is 222 g/mol. The number of hydrogen-bond donors (Lipinski definition) is 2. The molecule has 0 amide bonds. The second kappa shape index (κ2) is 4.61. The van der Waals surface area contributed by atoms with Gasteiger partial charge in [0.2, 0.25) is 0 Å². The minimum absolute atomic E-state index is 0.153. The normalized spacial score (nSPS) is 32.3. The van der Waals surface area contributed by atoms with Crippen molar-refractivity contribution in [1.29, 1.82) is 0 Å². The molecular weight excluding hydrogens is 203 g/mol. The van der Waals surface area contributed by atoms with Gasteiger partial charge in [0.15, 0.2) is 0 Å². The minimum Gasteiger partial charge on any atom is -0.326 e. The molecule has 15 heavy (non-hydrogen) atoms. The Morgan fingerprint density at radius 2 is 1.93 bits per heavy atom. The van der Waals surface area contributed by atoms with Crippen LogP contribution in [0.4, 0.5) is 0 Å². The molecule has 1 saturated carbocycles. The van der Waals surface area contributed by atoms with Gasteiger partial charge in [-0.05, 0) is 18.1 Å². The van der Waals surface area contributed by atoms with Crippen LogP contribution in [0, 0.1) is 0 Å². The van der Waals surface area contributed by atoms with Gasteiger partial charge in [-0.25, -0.2) is 0 Å². The molecule has 1 fully saturated rings. The SMILES string of the molecule is NC1CCCCC1(N)Pc1ccccc1. The fourth-order valence-electron chi connectivity index (χ4n) is 2.17. The van der Waals surface area contributed by atoms with Gasteiger partial charge in [0.05, 0.1) is 5.28 Å². The molecule has 3 heteroatoms. The molecule has 3 atom stereocenters. The van der Waals surface area contributed by atoms with Crippen molar-refractivity contribution in [2.45, 2.75) is 37.0 Å². The van der Waals surface area contributed by atoms with Crippen LogP contribution in [-0.4, -0.2) is 11.3 Å². The van der Waals surface area contributed by atoms with Gasteiger partial charge in [-0.2, -0.15) is 0 Å². The largest absolute Gasteiger partial charge is 0.326 e. The number of benzene rings is 1. The third-order valence-electron chi connectivity index (χ3n) is 3.17. The lowest BCUT2D eigenvalue weighted by atomic mass is 9.91. The molecular formula is C12H19N2P. The van der Waals surface area contributed by atoms with Crippen LogP contribution in [0.2, 0.25) is 0 Å². The lowest BCUT2D eigenvalue weighted by molar-refractivity contribution is 0.350. The van der Waals surface area contributed by atoms with E-state index in [1.807, 2.05) is 6.07 Å².